The van der Waals surface area contributed by atoms with Gasteiger partial charge >= 0.3 is 12.0 Å². The number of allylic oxidation sites excluding steroid dienone is 3. The van der Waals surface area contributed by atoms with Gasteiger partial charge in [-0.15, -0.1) is 0 Å². The van der Waals surface area contributed by atoms with Crippen molar-refractivity contribution in [3.8, 4) is 0 Å². The summed E-state index contributed by atoms with van der Waals surface area (Å²) in [6.45, 7) is 2.13. The van der Waals surface area contributed by atoms with Crippen LogP contribution in [0.1, 0.15) is 6.92 Å². The van der Waals surface area contributed by atoms with Crippen molar-refractivity contribution in [1.29, 1.82) is 0 Å². The van der Waals surface area contributed by atoms with E-state index < -0.39 is 24.5 Å². The first kappa shape index (κ1) is 13.0. The number of amides is 3. The lowest BCUT2D eigenvalue weighted by atomic mass is 10.4. The molecule has 1 aliphatic heterocycles. The Morgan fingerprint density at radius 3 is 2.82 bits per heavy atom. The maximum atomic E-state index is 11.4. The first-order chi connectivity index (χ1) is 8.15. The van der Waals surface area contributed by atoms with E-state index in [0.29, 0.717) is 13.1 Å². The fourth-order valence-corrected chi connectivity index (χ4v) is 1.21. The maximum Gasteiger partial charge on any atom is 0.331 e. The second-order valence-corrected chi connectivity index (χ2v) is 3.27. The van der Waals surface area contributed by atoms with Gasteiger partial charge in [0.15, 0.2) is 6.61 Å². The fourth-order valence-electron chi connectivity index (χ4n) is 1.21. The molecule has 0 aromatic heterocycles. The van der Waals surface area contributed by atoms with E-state index in [2.05, 4.69) is 10.1 Å². The second kappa shape index (κ2) is 6.47. The number of nitrogens with one attached hydrogen (secondary N) is 1. The molecule has 0 atom stereocenters. The Bertz CT molecular complexity index is 374. The molecule has 0 aliphatic carbocycles. The van der Waals surface area contributed by atoms with E-state index in [1.54, 1.807) is 12.2 Å². The lowest BCUT2D eigenvalue weighted by Crippen LogP contribution is -2.37. The van der Waals surface area contributed by atoms with Crippen molar-refractivity contribution < 1.29 is 19.1 Å². The molecule has 0 aromatic carbocycles. The van der Waals surface area contributed by atoms with Crippen LogP contribution in [0.4, 0.5) is 4.79 Å². The van der Waals surface area contributed by atoms with Crippen LogP contribution < -0.4 is 5.32 Å². The van der Waals surface area contributed by atoms with Gasteiger partial charge in [0.2, 0.25) is 0 Å². The summed E-state index contributed by atoms with van der Waals surface area (Å²) in [4.78, 5) is 34.7. The average molecular weight is 238 g/mol. The SMILES string of the molecule is C/C=C/C=C/C(=O)OCC(=O)N1CCNC1=O. The molecular weight excluding hydrogens is 224 g/mol. The molecular formula is C11H14N2O4. The Morgan fingerprint density at radius 2 is 2.24 bits per heavy atom. The number of urea groups is 1. The minimum atomic E-state index is -0.615. The van der Waals surface area contributed by atoms with Crippen LogP contribution in [0.2, 0.25) is 0 Å². The van der Waals surface area contributed by atoms with E-state index in [-0.39, 0.29) is 0 Å². The molecule has 0 unspecified atom stereocenters. The maximum absolute atomic E-state index is 11.4. The van der Waals surface area contributed by atoms with E-state index >= 15 is 0 Å². The van der Waals surface area contributed by atoms with Crippen LogP contribution in [-0.4, -0.2) is 42.5 Å². The molecule has 1 fully saturated rings. The molecule has 0 spiro atoms. The number of ether oxygens (including phenoxy) is 1. The molecule has 1 saturated heterocycles. The molecule has 0 bridgehead atoms. The number of carbonyl (C=O) groups excluding carboxylic acids is 3. The summed E-state index contributed by atoms with van der Waals surface area (Å²) in [6.07, 6.45) is 6.13. The first-order valence-electron chi connectivity index (χ1n) is 5.19. The summed E-state index contributed by atoms with van der Waals surface area (Å²) >= 11 is 0. The number of imide groups is 1. The Morgan fingerprint density at radius 1 is 1.47 bits per heavy atom. The highest BCUT2D eigenvalue weighted by Gasteiger charge is 2.26. The monoisotopic (exact) mass is 238 g/mol. The molecule has 6 heteroatoms. The summed E-state index contributed by atoms with van der Waals surface area (Å²) in [5.74, 6) is -1.14. The molecule has 1 N–H and O–H groups in total. The fraction of sp³-hybridized carbons (Fsp3) is 0.364. The van der Waals surface area contributed by atoms with Gasteiger partial charge in [-0.1, -0.05) is 18.2 Å². The van der Waals surface area contributed by atoms with Crippen molar-refractivity contribution in [3.63, 3.8) is 0 Å². The summed E-state index contributed by atoms with van der Waals surface area (Å²) < 4.78 is 4.68. The van der Waals surface area contributed by atoms with Crippen LogP contribution in [0.25, 0.3) is 0 Å². The lowest BCUT2D eigenvalue weighted by molar-refractivity contribution is -0.146. The van der Waals surface area contributed by atoms with Gasteiger partial charge in [-0.3, -0.25) is 9.69 Å². The van der Waals surface area contributed by atoms with Gasteiger partial charge in [-0.25, -0.2) is 9.59 Å². The van der Waals surface area contributed by atoms with Crippen LogP contribution in [0.5, 0.6) is 0 Å². The molecule has 17 heavy (non-hydrogen) atoms. The van der Waals surface area contributed by atoms with Gasteiger partial charge in [-0.2, -0.15) is 0 Å². The Balaban J connectivity index is 2.33. The highest BCUT2D eigenvalue weighted by atomic mass is 16.5. The third-order valence-electron chi connectivity index (χ3n) is 2.03. The topological polar surface area (TPSA) is 75.7 Å². The van der Waals surface area contributed by atoms with Crippen molar-refractivity contribution in [2.45, 2.75) is 6.92 Å². The van der Waals surface area contributed by atoms with E-state index in [0.717, 1.165) is 4.90 Å². The van der Waals surface area contributed by atoms with Gasteiger partial charge in [0, 0.05) is 19.2 Å². The van der Waals surface area contributed by atoms with Crippen molar-refractivity contribution >= 4 is 17.9 Å². The van der Waals surface area contributed by atoms with Gasteiger partial charge in [0.25, 0.3) is 5.91 Å². The third-order valence-corrected chi connectivity index (χ3v) is 2.03. The molecule has 92 valence electrons. The zero-order chi connectivity index (χ0) is 12.7. The van der Waals surface area contributed by atoms with E-state index in [1.165, 1.54) is 12.2 Å². The predicted molar refractivity (Wildman–Crippen MR) is 60.0 cm³/mol. The average Bonchev–Trinajstić information content (AvgIpc) is 2.73. The molecule has 3 amide bonds. The van der Waals surface area contributed by atoms with Crippen LogP contribution >= 0.6 is 0 Å². The van der Waals surface area contributed by atoms with E-state index in [9.17, 15) is 14.4 Å². The molecule has 1 rings (SSSR count). The van der Waals surface area contributed by atoms with Gasteiger partial charge in [0.1, 0.15) is 0 Å². The minimum absolute atomic E-state index is 0.309. The van der Waals surface area contributed by atoms with Crippen LogP contribution in [-0.2, 0) is 14.3 Å². The zero-order valence-electron chi connectivity index (χ0n) is 9.51. The molecule has 6 nitrogen and oxygen atoms in total. The van der Waals surface area contributed by atoms with Crippen molar-refractivity contribution in [3.05, 3.63) is 24.3 Å². The number of hydrogen-bond donors (Lipinski definition) is 1. The molecule has 0 aromatic rings. The number of rotatable bonds is 4. The van der Waals surface area contributed by atoms with E-state index in [4.69, 9.17) is 0 Å². The minimum Gasteiger partial charge on any atom is -0.452 e. The Labute approximate surface area is 98.9 Å². The van der Waals surface area contributed by atoms with Crippen LogP contribution in [0.15, 0.2) is 24.3 Å². The Kier molecular flexibility index (Phi) is 4.93. The highest BCUT2D eigenvalue weighted by molar-refractivity contribution is 5.97. The zero-order valence-corrected chi connectivity index (χ0v) is 9.51. The van der Waals surface area contributed by atoms with Crippen LogP contribution in [0.3, 0.4) is 0 Å². The molecule has 0 saturated carbocycles. The van der Waals surface area contributed by atoms with Crippen molar-refractivity contribution in [2.75, 3.05) is 19.7 Å². The summed E-state index contributed by atoms with van der Waals surface area (Å²) in [5, 5.41) is 2.48. The highest BCUT2D eigenvalue weighted by Crippen LogP contribution is 1.98. The second-order valence-electron chi connectivity index (χ2n) is 3.27. The van der Waals surface area contributed by atoms with Gasteiger partial charge in [0.05, 0.1) is 0 Å². The first-order valence-corrected chi connectivity index (χ1v) is 5.19. The largest absolute Gasteiger partial charge is 0.452 e. The quantitative estimate of drug-likeness (QED) is 0.431. The summed E-state index contributed by atoms with van der Waals surface area (Å²) in [7, 11) is 0. The lowest BCUT2D eigenvalue weighted by Gasteiger charge is -2.11. The molecule has 1 heterocycles. The number of hydrogen-bond acceptors (Lipinski definition) is 4. The van der Waals surface area contributed by atoms with Gasteiger partial charge < -0.3 is 10.1 Å². The third kappa shape index (κ3) is 4.10. The number of nitrogens with zero attached hydrogens (tertiary/aromatic N) is 1. The summed E-state index contributed by atoms with van der Waals surface area (Å²) in [5.41, 5.74) is 0. The number of esters is 1. The predicted octanol–water partition coefficient (Wildman–Crippen LogP) is 0.214. The summed E-state index contributed by atoms with van der Waals surface area (Å²) in [6, 6.07) is -0.449. The molecule has 0 radical (unpaired) electrons. The van der Waals surface area contributed by atoms with Gasteiger partial charge in [-0.05, 0) is 6.92 Å². The van der Waals surface area contributed by atoms with Crippen molar-refractivity contribution in [2.24, 2.45) is 0 Å². The molecule has 1 aliphatic rings. The standard InChI is InChI=1S/C11H14N2O4/c1-2-3-4-5-10(15)17-8-9(14)13-7-6-12-11(13)16/h2-5H,6-8H2,1H3,(H,12,16)/b3-2+,5-4+. The van der Waals surface area contributed by atoms with Crippen LogP contribution in [0, 0.1) is 0 Å². The van der Waals surface area contributed by atoms with E-state index in [1.807, 2.05) is 6.92 Å². The smallest absolute Gasteiger partial charge is 0.331 e. The Hall–Kier alpha value is -2.11. The van der Waals surface area contributed by atoms with Crippen molar-refractivity contribution in [1.82, 2.24) is 10.2 Å². The number of carbonyl (C=O) groups is 3. The normalized spacial score (nSPS) is 15.6.